The van der Waals surface area contributed by atoms with Gasteiger partial charge in [0.15, 0.2) is 5.82 Å². The number of nitrogens with one attached hydrogen (secondary N) is 1. The summed E-state index contributed by atoms with van der Waals surface area (Å²) in [6.07, 6.45) is 0. The first-order valence-electron chi connectivity index (χ1n) is 5.09. The second kappa shape index (κ2) is 5.79. The zero-order chi connectivity index (χ0) is 12.1. The van der Waals surface area contributed by atoms with Gasteiger partial charge in [0.05, 0.1) is 0 Å². The number of rotatable bonds is 4. The smallest absolute Gasteiger partial charge is 0.281 e. The monoisotopic (exact) mass is 265 g/mol. The van der Waals surface area contributed by atoms with E-state index in [1.54, 1.807) is 0 Å². The van der Waals surface area contributed by atoms with Gasteiger partial charge in [-0.05, 0) is 11.5 Å². The summed E-state index contributed by atoms with van der Waals surface area (Å²) >= 11 is 5.13. The van der Waals surface area contributed by atoms with Crippen LogP contribution >= 0.6 is 24.2 Å². The van der Waals surface area contributed by atoms with Gasteiger partial charge in [-0.2, -0.15) is 17.0 Å². The lowest BCUT2D eigenvalue weighted by Gasteiger charge is -1.97. The van der Waals surface area contributed by atoms with Crippen molar-refractivity contribution in [1.82, 2.24) is 14.7 Å². The number of hydrogen-bond donors (Lipinski definition) is 2. The quantitative estimate of drug-likeness (QED) is 0.830. The van der Waals surface area contributed by atoms with E-state index in [-0.39, 0.29) is 5.91 Å². The maximum atomic E-state index is 11.6. The van der Waals surface area contributed by atoms with E-state index in [0.717, 1.165) is 17.1 Å². The van der Waals surface area contributed by atoms with E-state index in [1.807, 2.05) is 30.3 Å². The Bertz CT molecular complexity index is 498. The lowest BCUT2D eigenvalue weighted by molar-refractivity contribution is 0.0956. The first-order valence-corrected chi connectivity index (χ1v) is 6.50. The zero-order valence-corrected chi connectivity index (χ0v) is 10.7. The Morgan fingerprint density at radius 3 is 2.82 bits per heavy atom. The summed E-state index contributed by atoms with van der Waals surface area (Å²) in [4.78, 5) is 15.8. The van der Waals surface area contributed by atoms with Crippen LogP contribution in [0.5, 0.6) is 0 Å². The van der Waals surface area contributed by atoms with Crippen LogP contribution in [0.25, 0.3) is 11.4 Å². The Hall–Kier alpha value is -1.40. The molecule has 1 amide bonds. The number of nitrogens with zero attached hydrogens (tertiary/aromatic N) is 2. The van der Waals surface area contributed by atoms with Crippen LogP contribution in [0.2, 0.25) is 0 Å². The molecule has 0 radical (unpaired) electrons. The summed E-state index contributed by atoms with van der Waals surface area (Å²) in [5.74, 6) is 1.00. The molecule has 0 saturated carbocycles. The first-order chi connectivity index (χ1) is 8.31. The van der Waals surface area contributed by atoms with Crippen molar-refractivity contribution < 1.29 is 4.79 Å². The van der Waals surface area contributed by atoms with Crippen LogP contribution in [-0.4, -0.2) is 27.6 Å². The highest BCUT2D eigenvalue weighted by Gasteiger charge is 2.12. The van der Waals surface area contributed by atoms with Crippen molar-refractivity contribution in [3.8, 4) is 11.4 Å². The summed E-state index contributed by atoms with van der Waals surface area (Å²) < 4.78 is 4.17. The molecule has 17 heavy (non-hydrogen) atoms. The number of benzene rings is 1. The van der Waals surface area contributed by atoms with Gasteiger partial charge in [-0.1, -0.05) is 30.3 Å². The van der Waals surface area contributed by atoms with Gasteiger partial charge in [-0.15, -0.1) is 0 Å². The van der Waals surface area contributed by atoms with Crippen molar-refractivity contribution in [1.29, 1.82) is 0 Å². The third-order valence-corrected chi connectivity index (χ3v) is 2.99. The molecule has 1 aromatic heterocycles. The second-order valence-corrected chi connectivity index (χ2v) is 4.47. The fourth-order valence-electron chi connectivity index (χ4n) is 1.27. The Kier molecular flexibility index (Phi) is 4.11. The maximum absolute atomic E-state index is 11.6. The summed E-state index contributed by atoms with van der Waals surface area (Å²) in [6.45, 7) is 0.530. The molecule has 0 unspecified atom stereocenters. The van der Waals surface area contributed by atoms with Crippen LogP contribution in [0.3, 0.4) is 0 Å². The molecule has 0 atom stereocenters. The highest BCUT2D eigenvalue weighted by Crippen LogP contribution is 2.17. The Balaban J connectivity index is 2.14. The second-order valence-electron chi connectivity index (χ2n) is 3.27. The number of carbonyl (C=O) groups excluding carboxylic acids is 1. The van der Waals surface area contributed by atoms with Crippen LogP contribution in [0.15, 0.2) is 30.3 Å². The Morgan fingerprint density at radius 2 is 2.12 bits per heavy atom. The fourth-order valence-corrected chi connectivity index (χ4v) is 1.98. The molecule has 2 aromatic rings. The van der Waals surface area contributed by atoms with E-state index in [9.17, 15) is 4.79 Å². The Labute approximate surface area is 109 Å². The third kappa shape index (κ3) is 3.04. The molecule has 4 nitrogen and oxygen atoms in total. The molecule has 1 heterocycles. The fraction of sp³-hybridized carbons (Fsp3) is 0.182. The average Bonchev–Trinajstić information content (AvgIpc) is 2.86. The topological polar surface area (TPSA) is 54.9 Å². The summed E-state index contributed by atoms with van der Waals surface area (Å²) in [7, 11) is 0. The van der Waals surface area contributed by atoms with Gasteiger partial charge in [-0.3, -0.25) is 4.79 Å². The molecule has 0 aliphatic rings. The Morgan fingerprint density at radius 1 is 1.35 bits per heavy atom. The summed E-state index contributed by atoms with van der Waals surface area (Å²) in [6, 6.07) is 9.58. The first kappa shape index (κ1) is 12.1. The molecule has 1 N–H and O–H groups in total. The van der Waals surface area contributed by atoms with Crippen LogP contribution in [0, 0.1) is 0 Å². The lowest BCUT2D eigenvalue weighted by atomic mass is 10.2. The molecule has 0 saturated heterocycles. The van der Waals surface area contributed by atoms with E-state index in [2.05, 4.69) is 27.3 Å². The van der Waals surface area contributed by atoms with Gasteiger partial charge in [-0.25, -0.2) is 4.98 Å². The number of thiol groups is 1. The van der Waals surface area contributed by atoms with Crippen molar-refractivity contribution in [2.24, 2.45) is 0 Å². The predicted molar refractivity (Wildman–Crippen MR) is 71.5 cm³/mol. The van der Waals surface area contributed by atoms with Gasteiger partial charge in [0, 0.05) is 17.9 Å². The summed E-state index contributed by atoms with van der Waals surface area (Å²) in [5, 5.41) is 3.09. The average molecular weight is 265 g/mol. The standard InChI is InChI=1S/C11H11N3OS2/c15-10(12-6-7-16)11-13-9(14-17-11)8-4-2-1-3-5-8/h1-5,16H,6-7H2,(H,12,15). The highest BCUT2D eigenvalue weighted by atomic mass is 32.1. The molecule has 6 heteroatoms. The van der Waals surface area contributed by atoms with Crippen molar-refractivity contribution in [3.63, 3.8) is 0 Å². The SMILES string of the molecule is O=C(NCCS)c1nc(-c2ccccc2)ns1. The van der Waals surface area contributed by atoms with Gasteiger partial charge >= 0.3 is 0 Å². The van der Waals surface area contributed by atoms with Crippen LogP contribution in [0.1, 0.15) is 9.80 Å². The number of aromatic nitrogens is 2. The third-order valence-electron chi connectivity index (χ3n) is 2.05. The molecular formula is C11H11N3OS2. The molecule has 88 valence electrons. The number of carbonyl (C=O) groups is 1. The van der Waals surface area contributed by atoms with Crippen molar-refractivity contribution in [2.75, 3.05) is 12.3 Å². The highest BCUT2D eigenvalue weighted by molar-refractivity contribution is 7.80. The molecule has 0 aliphatic heterocycles. The van der Waals surface area contributed by atoms with E-state index >= 15 is 0 Å². The molecule has 0 fully saturated rings. The minimum Gasteiger partial charge on any atom is -0.349 e. The molecule has 0 bridgehead atoms. The van der Waals surface area contributed by atoms with Gasteiger partial charge < -0.3 is 5.32 Å². The lowest BCUT2D eigenvalue weighted by Crippen LogP contribution is -2.25. The normalized spacial score (nSPS) is 10.2. The van der Waals surface area contributed by atoms with Gasteiger partial charge in [0.1, 0.15) is 0 Å². The van der Waals surface area contributed by atoms with Crippen LogP contribution in [0.4, 0.5) is 0 Å². The van der Waals surface area contributed by atoms with Crippen molar-refractivity contribution in [3.05, 3.63) is 35.3 Å². The van der Waals surface area contributed by atoms with Crippen LogP contribution in [-0.2, 0) is 0 Å². The minimum absolute atomic E-state index is 0.196. The van der Waals surface area contributed by atoms with Crippen molar-refractivity contribution >= 4 is 30.1 Å². The van der Waals surface area contributed by atoms with Gasteiger partial charge in [0.25, 0.3) is 5.91 Å². The molecule has 1 aromatic carbocycles. The zero-order valence-electron chi connectivity index (χ0n) is 8.96. The van der Waals surface area contributed by atoms with E-state index in [4.69, 9.17) is 0 Å². The maximum Gasteiger partial charge on any atom is 0.281 e. The van der Waals surface area contributed by atoms with E-state index < -0.39 is 0 Å². The van der Waals surface area contributed by atoms with E-state index in [1.165, 1.54) is 0 Å². The van der Waals surface area contributed by atoms with Crippen molar-refractivity contribution in [2.45, 2.75) is 0 Å². The number of hydrogen-bond acceptors (Lipinski definition) is 5. The van der Waals surface area contributed by atoms with Crippen LogP contribution < -0.4 is 5.32 Å². The van der Waals surface area contributed by atoms with Gasteiger partial charge in [0.2, 0.25) is 5.01 Å². The molecule has 2 rings (SSSR count). The minimum atomic E-state index is -0.196. The molecule has 0 spiro atoms. The predicted octanol–water partition coefficient (Wildman–Crippen LogP) is 1.86. The largest absolute Gasteiger partial charge is 0.349 e. The number of amides is 1. The molecular weight excluding hydrogens is 254 g/mol. The molecule has 0 aliphatic carbocycles. The van der Waals surface area contributed by atoms with E-state index in [0.29, 0.717) is 23.1 Å². The summed E-state index contributed by atoms with van der Waals surface area (Å²) in [5.41, 5.74) is 0.914.